The van der Waals surface area contributed by atoms with Crippen molar-refractivity contribution in [1.82, 2.24) is 0 Å². The Balaban J connectivity index is 2.34. The summed E-state index contributed by atoms with van der Waals surface area (Å²) in [7, 11) is -2.91. The second-order valence-corrected chi connectivity index (χ2v) is 7.55. The molecular weight excluding hydrogens is 260 g/mol. The Morgan fingerprint density at radius 1 is 1.21 bits per heavy atom. The molecule has 0 aliphatic carbocycles. The summed E-state index contributed by atoms with van der Waals surface area (Å²) in [5.41, 5.74) is 1.21. The third kappa shape index (κ3) is 6.21. The van der Waals surface area contributed by atoms with Gasteiger partial charge >= 0.3 is 0 Å². The fraction of sp³-hybridized carbons (Fsp3) is 0.600. The number of rotatable bonds is 8. The maximum Gasteiger partial charge on any atom is 0.150 e. The van der Waals surface area contributed by atoms with Gasteiger partial charge in [0.25, 0.3) is 0 Å². The Morgan fingerprint density at radius 3 is 2.42 bits per heavy atom. The largest absolute Gasteiger partial charge is 0.393 e. The van der Waals surface area contributed by atoms with Gasteiger partial charge in [-0.3, -0.25) is 0 Å². The fourth-order valence-corrected chi connectivity index (χ4v) is 3.02. The predicted molar refractivity (Wildman–Crippen MR) is 79.0 cm³/mol. The lowest BCUT2D eigenvalue weighted by Gasteiger charge is -2.16. The summed E-state index contributed by atoms with van der Waals surface area (Å²) >= 11 is 0. The molecule has 0 aliphatic rings. The van der Waals surface area contributed by atoms with E-state index in [0.29, 0.717) is 25.2 Å². The highest BCUT2D eigenvalue weighted by Crippen LogP contribution is 2.21. The number of hydrogen-bond donors (Lipinski definition) is 1. The van der Waals surface area contributed by atoms with Crippen LogP contribution in [0, 0.1) is 0 Å². The lowest BCUT2D eigenvalue weighted by atomic mass is 9.94. The summed E-state index contributed by atoms with van der Waals surface area (Å²) in [5, 5.41) is 9.96. The molecule has 1 aromatic rings. The van der Waals surface area contributed by atoms with Crippen molar-refractivity contribution in [2.75, 3.05) is 11.5 Å². The first kappa shape index (κ1) is 16.2. The smallest absolute Gasteiger partial charge is 0.150 e. The van der Waals surface area contributed by atoms with Crippen molar-refractivity contribution in [2.45, 2.75) is 45.1 Å². The molecule has 0 saturated heterocycles. The molecule has 3 nitrogen and oxygen atoms in total. The number of sulfone groups is 1. The van der Waals surface area contributed by atoms with Crippen molar-refractivity contribution in [3.63, 3.8) is 0 Å². The highest BCUT2D eigenvalue weighted by Gasteiger charge is 2.13. The molecule has 0 fully saturated rings. The first-order valence-corrected chi connectivity index (χ1v) is 8.70. The minimum absolute atomic E-state index is 0.181. The van der Waals surface area contributed by atoms with Gasteiger partial charge in [-0.25, -0.2) is 8.42 Å². The zero-order valence-corrected chi connectivity index (χ0v) is 12.6. The molecular formula is C15H24O3S. The van der Waals surface area contributed by atoms with E-state index in [4.69, 9.17) is 0 Å². The lowest BCUT2D eigenvalue weighted by molar-refractivity contribution is 0.146. The molecule has 1 aromatic carbocycles. The van der Waals surface area contributed by atoms with E-state index in [-0.39, 0.29) is 11.5 Å². The van der Waals surface area contributed by atoms with Gasteiger partial charge in [0.15, 0.2) is 0 Å². The van der Waals surface area contributed by atoms with E-state index in [1.54, 1.807) is 6.92 Å². The maximum atomic E-state index is 11.3. The summed E-state index contributed by atoms with van der Waals surface area (Å²) in [6, 6.07) is 10.1. The minimum Gasteiger partial charge on any atom is -0.393 e. The summed E-state index contributed by atoms with van der Waals surface area (Å²) in [6.07, 6.45) is 1.34. The normalized spacial score (nSPS) is 15.1. The molecule has 0 heterocycles. The van der Waals surface area contributed by atoms with Crippen LogP contribution in [-0.4, -0.2) is 31.1 Å². The van der Waals surface area contributed by atoms with E-state index >= 15 is 0 Å². The second kappa shape index (κ2) is 7.65. The Hall–Kier alpha value is -0.870. The zero-order chi connectivity index (χ0) is 14.3. The van der Waals surface area contributed by atoms with Crippen LogP contribution in [0.25, 0.3) is 0 Å². The van der Waals surface area contributed by atoms with Gasteiger partial charge in [0.1, 0.15) is 9.84 Å². The summed E-state index contributed by atoms with van der Waals surface area (Å²) in [5.74, 6) is 0.656. The molecule has 1 rings (SSSR count). The molecule has 19 heavy (non-hydrogen) atoms. The van der Waals surface area contributed by atoms with E-state index < -0.39 is 15.9 Å². The van der Waals surface area contributed by atoms with Gasteiger partial charge in [0.05, 0.1) is 11.9 Å². The Morgan fingerprint density at radius 2 is 1.84 bits per heavy atom. The quantitative estimate of drug-likeness (QED) is 0.798. The molecule has 0 spiro atoms. The molecule has 0 saturated carbocycles. The van der Waals surface area contributed by atoms with Crippen molar-refractivity contribution in [3.8, 4) is 0 Å². The van der Waals surface area contributed by atoms with Crippen LogP contribution in [0.4, 0.5) is 0 Å². The molecule has 0 radical (unpaired) electrons. The zero-order valence-electron chi connectivity index (χ0n) is 11.7. The van der Waals surface area contributed by atoms with Crippen LogP contribution < -0.4 is 0 Å². The van der Waals surface area contributed by atoms with Gasteiger partial charge in [-0.05, 0) is 30.7 Å². The summed E-state index contributed by atoms with van der Waals surface area (Å²) < 4.78 is 22.7. The van der Waals surface area contributed by atoms with Gasteiger partial charge in [0.2, 0.25) is 0 Å². The fourth-order valence-electron chi connectivity index (χ4n) is 2.13. The van der Waals surface area contributed by atoms with Crippen molar-refractivity contribution in [2.24, 2.45) is 0 Å². The third-order valence-electron chi connectivity index (χ3n) is 3.43. The molecule has 4 heteroatoms. The Labute approximate surface area is 116 Å². The first-order chi connectivity index (χ1) is 8.94. The average molecular weight is 284 g/mol. The minimum atomic E-state index is -2.91. The van der Waals surface area contributed by atoms with Gasteiger partial charge in [0, 0.05) is 5.75 Å². The van der Waals surface area contributed by atoms with E-state index in [0.717, 1.165) is 0 Å². The van der Waals surface area contributed by atoms with Gasteiger partial charge < -0.3 is 5.11 Å². The maximum absolute atomic E-state index is 11.3. The predicted octanol–water partition coefficient (Wildman–Crippen LogP) is 2.76. The summed E-state index contributed by atoms with van der Waals surface area (Å²) in [6.45, 7) is 3.74. The first-order valence-electron chi connectivity index (χ1n) is 6.88. The van der Waals surface area contributed by atoms with Crippen molar-refractivity contribution < 1.29 is 13.5 Å². The van der Waals surface area contributed by atoms with Crippen LogP contribution >= 0.6 is 0 Å². The molecule has 1 N–H and O–H groups in total. The van der Waals surface area contributed by atoms with E-state index in [1.165, 1.54) is 5.56 Å². The topological polar surface area (TPSA) is 54.4 Å². The molecule has 2 unspecified atom stereocenters. The second-order valence-electron chi connectivity index (χ2n) is 5.08. The van der Waals surface area contributed by atoms with Crippen LogP contribution in [0.1, 0.15) is 44.6 Å². The standard InChI is InChI=1S/C15H24O3S/c1-3-19(17,18)11-7-10-15(16)12-13(2)14-8-5-4-6-9-14/h4-6,8-9,13,15-16H,3,7,10-12H2,1-2H3. The van der Waals surface area contributed by atoms with Crippen molar-refractivity contribution in [1.29, 1.82) is 0 Å². The van der Waals surface area contributed by atoms with Gasteiger partial charge in [-0.2, -0.15) is 0 Å². The molecule has 0 amide bonds. The monoisotopic (exact) mass is 284 g/mol. The average Bonchev–Trinajstić information content (AvgIpc) is 2.39. The number of benzene rings is 1. The number of aliphatic hydroxyl groups excluding tert-OH is 1. The third-order valence-corrected chi connectivity index (χ3v) is 5.22. The van der Waals surface area contributed by atoms with E-state index in [9.17, 15) is 13.5 Å². The van der Waals surface area contributed by atoms with Crippen LogP contribution in [0.2, 0.25) is 0 Å². The molecule has 0 bridgehead atoms. The number of aliphatic hydroxyl groups is 1. The van der Waals surface area contributed by atoms with Crippen LogP contribution in [0.5, 0.6) is 0 Å². The highest BCUT2D eigenvalue weighted by molar-refractivity contribution is 7.91. The van der Waals surface area contributed by atoms with Crippen molar-refractivity contribution >= 4 is 9.84 Å². The van der Waals surface area contributed by atoms with E-state index in [2.05, 4.69) is 19.1 Å². The molecule has 108 valence electrons. The van der Waals surface area contributed by atoms with Crippen LogP contribution in [0.3, 0.4) is 0 Å². The van der Waals surface area contributed by atoms with Crippen molar-refractivity contribution in [3.05, 3.63) is 35.9 Å². The number of hydrogen-bond acceptors (Lipinski definition) is 3. The molecule has 0 aromatic heterocycles. The SMILES string of the molecule is CCS(=O)(=O)CCCC(O)CC(C)c1ccccc1. The van der Waals surface area contributed by atoms with E-state index in [1.807, 2.05) is 18.2 Å². The summed E-state index contributed by atoms with van der Waals surface area (Å²) in [4.78, 5) is 0. The highest BCUT2D eigenvalue weighted by atomic mass is 32.2. The molecule has 0 aliphatic heterocycles. The van der Waals surface area contributed by atoms with Gasteiger partial charge in [-0.1, -0.05) is 44.2 Å². The Kier molecular flexibility index (Phi) is 6.52. The van der Waals surface area contributed by atoms with Crippen LogP contribution in [-0.2, 0) is 9.84 Å². The Bertz CT molecular complexity index is 454. The van der Waals surface area contributed by atoms with Gasteiger partial charge in [-0.15, -0.1) is 0 Å². The molecule has 2 atom stereocenters. The van der Waals surface area contributed by atoms with Crippen LogP contribution in [0.15, 0.2) is 30.3 Å². The lowest BCUT2D eigenvalue weighted by Crippen LogP contribution is -2.14.